The number of benzene rings is 1. The Morgan fingerprint density at radius 1 is 1.12 bits per heavy atom. The summed E-state index contributed by atoms with van der Waals surface area (Å²) in [5.41, 5.74) is 1.54. The van der Waals surface area contributed by atoms with Crippen molar-refractivity contribution in [2.24, 2.45) is 17.3 Å². The first kappa shape index (κ1) is 17.5. The smallest absolute Gasteiger partial charge is 0.228 e. The van der Waals surface area contributed by atoms with Gasteiger partial charge in [-0.05, 0) is 54.9 Å². The summed E-state index contributed by atoms with van der Waals surface area (Å²) in [5.74, 6) is 1.51. The van der Waals surface area contributed by atoms with Gasteiger partial charge in [0, 0.05) is 6.04 Å². The van der Waals surface area contributed by atoms with Gasteiger partial charge in [-0.15, -0.1) is 0 Å². The van der Waals surface area contributed by atoms with E-state index in [1.807, 2.05) is 6.07 Å². The molecule has 2 aliphatic rings. The van der Waals surface area contributed by atoms with Crippen molar-refractivity contribution in [3.05, 3.63) is 35.9 Å². The monoisotopic (exact) mass is 327 g/mol. The highest BCUT2D eigenvalue weighted by Crippen LogP contribution is 2.40. The summed E-state index contributed by atoms with van der Waals surface area (Å²) >= 11 is 0. The zero-order valence-electron chi connectivity index (χ0n) is 15.6. The summed E-state index contributed by atoms with van der Waals surface area (Å²) in [6.07, 6.45) is 8.43. The van der Waals surface area contributed by atoms with E-state index < -0.39 is 0 Å². The molecule has 2 nitrogen and oxygen atoms in total. The summed E-state index contributed by atoms with van der Waals surface area (Å²) < 4.78 is 0. The molecular weight excluding hydrogens is 294 g/mol. The number of hydrogen-bond donors (Lipinski definition) is 1. The first-order chi connectivity index (χ1) is 11.4. The van der Waals surface area contributed by atoms with Crippen molar-refractivity contribution in [3.8, 4) is 0 Å². The molecule has 0 aliphatic heterocycles. The van der Waals surface area contributed by atoms with Gasteiger partial charge in [-0.2, -0.15) is 0 Å². The van der Waals surface area contributed by atoms with Gasteiger partial charge in [0.05, 0.1) is 5.92 Å². The normalized spacial score (nSPS) is 28.5. The number of rotatable bonds is 4. The lowest BCUT2D eigenvalue weighted by molar-refractivity contribution is -0.125. The second-order valence-corrected chi connectivity index (χ2v) is 9.05. The van der Waals surface area contributed by atoms with Crippen LogP contribution < -0.4 is 5.32 Å². The molecule has 2 saturated carbocycles. The van der Waals surface area contributed by atoms with Crippen LogP contribution in [0.4, 0.5) is 0 Å². The Labute approximate surface area is 147 Å². The molecule has 1 N–H and O–H groups in total. The average molecular weight is 328 g/mol. The van der Waals surface area contributed by atoms with Crippen LogP contribution in [0.1, 0.15) is 77.2 Å². The van der Waals surface area contributed by atoms with Crippen LogP contribution in [-0.2, 0) is 4.79 Å². The first-order valence-corrected chi connectivity index (χ1v) is 9.80. The predicted molar refractivity (Wildman–Crippen MR) is 99.9 cm³/mol. The van der Waals surface area contributed by atoms with E-state index in [0.717, 1.165) is 12.8 Å². The van der Waals surface area contributed by atoms with E-state index in [-0.39, 0.29) is 11.8 Å². The highest BCUT2D eigenvalue weighted by Gasteiger charge is 2.36. The van der Waals surface area contributed by atoms with E-state index in [4.69, 9.17) is 0 Å². The van der Waals surface area contributed by atoms with Crippen LogP contribution in [0.3, 0.4) is 0 Å². The van der Waals surface area contributed by atoms with Crippen LogP contribution >= 0.6 is 0 Å². The van der Waals surface area contributed by atoms with Crippen LogP contribution in [0.25, 0.3) is 0 Å². The topological polar surface area (TPSA) is 29.1 Å². The number of nitrogens with one attached hydrogen (secondary N) is 1. The maximum atomic E-state index is 13.2. The summed E-state index contributed by atoms with van der Waals surface area (Å²) in [7, 11) is 0. The highest BCUT2D eigenvalue weighted by molar-refractivity contribution is 5.84. The minimum Gasteiger partial charge on any atom is -0.353 e. The van der Waals surface area contributed by atoms with Gasteiger partial charge in [0.15, 0.2) is 0 Å². The molecule has 1 aromatic rings. The van der Waals surface area contributed by atoms with Crippen LogP contribution in [0.5, 0.6) is 0 Å². The van der Waals surface area contributed by atoms with Crippen LogP contribution in [0.15, 0.2) is 30.3 Å². The summed E-state index contributed by atoms with van der Waals surface area (Å²) in [6.45, 7) is 7.01. The van der Waals surface area contributed by atoms with E-state index in [9.17, 15) is 4.79 Å². The molecule has 0 unspecified atom stereocenters. The first-order valence-electron chi connectivity index (χ1n) is 9.80. The molecule has 2 fully saturated rings. The van der Waals surface area contributed by atoms with Crippen LogP contribution in [0, 0.1) is 17.3 Å². The lowest BCUT2D eigenvalue weighted by Crippen LogP contribution is -2.45. The minimum absolute atomic E-state index is 0.0362. The summed E-state index contributed by atoms with van der Waals surface area (Å²) in [4.78, 5) is 13.2. The molecule has 1 aromatic carbocycles. The Morgan fingerprint density at radius 3 is 2.42 bits per heavy atom. The number of hydrogen-bond acceptors (Lipinski definition) is 1. The Bertz CT molecular complexity index is 544. The molecule has 0 bridgehead atoms. The molecule has 2 aliphatic carbocycles. The molecule has 2 heteroatoms. The third kappa shape index (κ3) is 4.20. The van der Waals surface area contributed by atoms with Gasteiger partial charge in [-0.1, -0.05) is 63.9 Å². The van der Waals surface area contributed by atoms with Crippen molar-refractivity contribution in [1.29, 1.82) is 0 Å². The van der Waals surface area contributed by atoms with E-state index in [1.54, 1.807) is 0 Å². The van der Waals surface area contributed by atoms with Gasteiger partial charge in [0.1, 0.15) is 0 Å². The SMILES string of the molecule is C[C@@H]1C[C@H](NC(=O)[C@@H](c2ccccc2)C2CCCC2)CC(C)(C)C1. The largest absolute Gasteiger partial charge is 0.353 e. The molecule has 132 valence electrons. The van der Waals surface area contributed by atoms with Crippen molar-refractivity contribution in [1.82, 2.24) is 5.32 Å². The Kier molecular flexibility index (Phi) is 5.32. The Hall–Kier alpha value is -1.31. The quantitative estimate of drug-likeness (QED) is 0.799. The number of carbonyl (C=O) groups excluding carboxylic acids is 1. The van der Waals surface area contributed by atoms with E-state index >= 15 is 0 Å². The number of carbonyl (C=O) groups is 1. The second-order valence-electron chi connectivity index (χ2n) is 9.05. The molecule has 3 rings (SSSR count). The highest BCUT2D eigenvalue weighted by atomic mass is 16.2. The molecule has 3 atom stereocenters. The molecule has 0 spiro atoms. The maximum absolute atomic E-state index is 13.2. The van der Waals surface area contributed by atoms with Crippen molar-refractivity contribution >= 4 is 5.91 Å². The lowest BCUT2D eigenvalue weighted by atomic mass is 9.70. The van der Waals surface area contributed by atoms with Crippen molar-refractivity contribution in [2.45, 2.75) is 77.7 Å². The van der Waals surface area contributed by atoms with Gasteiger partial charge < -0.3 is 5.32 Å². The van der Waals surface area contributed by atoms with Crippen LogP contribution in [-0.4, -0.2) is 11.9 Å². The molecule has 0 saturated heterocycles. The third-order valence-corrected chi connectivity index (χ3v) is 6.05. The molecule has 0 radical (unpaired) electrons. The second kappa shape index (κ2) is 7.29. The Morgan fingerprint density at radius 2 is 1.79 bits per heavy atom. The van der Waals surface area contributed by atoms with Gasteiger partial charge in [0.2, 0.25) is 5.91 Å². The van der Waals surface area contributed by atoms with Gasteiger partial charge in [-0.3, -0.25) is 4.79 Å². The average Bonchev–Trinajstić information content (AvgIpc) is 3.00. The van der Waals surface area contributed by atoms with E-state index in [0.29, 0.717) is 23.3 Å². The van der Waals surface area contributed by atoms with E-state index in [2.05, 4.69) is 50.4 Å². The van der Waals surface area contributed by atoms with E-state index in [1.165, 1.54) is 37.7 Å². The van der Waals surface area contributed by atoms with Crippen molar-refractivity contribution in [2.75, 3.05) is 0 Å². The van der Waals surface area contributed by atoms with Crippen molar-refractivity contribution in [3.63, 3.8) is 0 Å². The number of amides is 1. The molecular formula is C22H33NO. The Balaban J connectivity index is 1.74. The van der Waals surface area contributed by atoms with Crippen molar-refractivity contribution < 1.29 is 4.79 Å². The predicted octanol–water partition coefficient (Wildman–Crippen LogP) is 5.29. The fourth-order valence-corrected chi connectivity index (χ4v) is 5.34. The molecule has 24 heavy (non-hydrogen) atoms. The fraction of sp³-hybridized carbons (Fsp3) is 0.682. The fourth-order valence-electron chi connectivity index (χ4n) is 5.34. The zero-order chi connectivity index (χ0) is 17.2. The van der Waals surface area contributed by atoms with Gasteiger partial charge >= 0.3 is 0 Å². The molecule has 0 aromatic heterocycles. The van der Waals surface area contributed by atoms with Gasteiger partial charge in [0.25, 0.3) is 0 Å². The summed E-state index contributed by atoms with van der Waals surface area (Å²) in [5, 5.41) is 3.44. The summed E-state index contributed by atoms with van der Waals surface area (Å²) in [6, 6.07) is 10.8. The van der Waals surface area contributed by atoms with Gasteiger partial charge in [-0.25, -0.2) is 0 Å². The maximum Gasteiger partial charge on any atom is 0.228 e. The standard InChI is InChI=1S/C22H33NO/c1-16-13-19(15-22(2,3)14-16)23-21(24)20(18-11-7-8-12-18)17-9-5-4-6-10-17/h4-6,9-10,16,18-20H,7-8,11-15H2,1-3H3,(H,23,24)/t16-,19+,20+/m1/s1. The zero-order valence-corrected chi connectivity index (χ0v) is 15.6. The lowest BCUT2D eigenvalue weighted by Gasteiger charge is -2.40. The third-order valence-electron chi connectivity index (χ3n) is 6.05. The van der Waals surface area contributed by atoms with Crippen LogP contribution in [0.2, 0.25) is 0 Å². The molecule has 0 heterocycles. The minimum atomic E-state index is 0.0362. The molecule has 1 amide bonds.